The molecule has 0 aliphatic heterocycles. The van der Waals surface area contributed by atoms with Crippen molar-refractivity contribution in [3.05, 3.63) is 59.4 Å². The van der Waals surface area contributed by atoms with E-state index in [-0.39, 0.29) is 17.2 Å². The van der Waals surface area contributed by atoms with Gasteiger partial charge in [-0.25, -0.2) is 13.2 Å². The van der Waals surface area contributed by atoms with Crippen LogP contribution in [0, 0.1) is 17.5 Å². The second-order valence-electron chi connectivity index (χ2n) is 4.95. The lowest BCUT2D eigenvalue weighted by Gasteiger charge is -2.11. The third kappa shape index (κ3) is 3.20. The minimum Gasteiger partial charge on any atom is -0.310 e. The van der Waals surface area contributed by atoms with Gasteiger partial charge in [-0.3, -0.25) is 0 Å². The molecule has 2 aromatic carbocycles. The van der Waals surface area contributed by atoms with Crippen molar-refractivity contribution in [2.24, 2.45) is 0 Å². The van der Waals surface area contributed by atoms with Gasteiger partial charge in [0.2, 0.25) is 0 Å². The summed E-state index contributed by atoms with van der Waals surface area (Å²) in [7, 11) is 0. The zero-order valence-corrected chi connectivity index (χ0v) is 11.4. The fourth-order valence-corrected chi connectivity index (χ4v) is 1.95. The summed E-state index contributed by atoms with van der Waals surface area (Å²) in [6, 6.07) is 8.09. The summed E-state index contributed by atoms with van der Waals surface area (Å²) in [6.07, 6.45) is 0. The first-order valence-corrected chi connectivity index (χ1v) is 6.45. The van der Waals surface area contributed by atoms with Gasteiger partial charge in [0.1, 0.15) is 17.5 Å². The molecule has 0 radical (unpaired) electrons. The smallest absolute Gasteiger partial charge is 0.134 e. The van der Waals surface area contributed by atoms with Gasteiger partial charge in [0.05, 0.1) is 5.56 Å². The molecular weight excluding hydrogens is 263 g/mol. The quantitative estimate of drug-likeness (QED) is 0.881. The predicted octanol–water partition coefficient (Wildman–Crippen LogP) is 4.27. The molecule has 2 rings (SSSR count). The van der Waals surface area contributed by atoms with Crippen LogP contribution in [0.15, 0.2) is 36.4 Å². The predicted molar refractivity (Wildman–Crippen MR) is 73.7 cm³/mol. The molecule has 0 spiro atoms. The van der Waals surface area contributed by atoms with Crippen LogP contribution in [0.25, 0.3) is 11.1 Å². The standard InChI is InChI=1S/C16H16F3N/c1-10(2)20-9-11-6-7-13(17)12(8-11)16-14(18)4-3-5-15(16)19/h3-8,10,20H,9H2,1-2H3. The largest absolute Gasteiger partial charge is 0.310 e. The highest BCUT2D eigenvalue weighted by Gasteiger charge is 2.15. The van der Waals surface area contributed by atoms with Gasteiger partial charge in [-0.1, -0.05) is 26.0 Å². The Bertz CT molecular complexity index is 588. The number of benzene rings is 2. The molecule has 1 nitrogen and oxygen atoms in total. The van der Waals surface area contributed by atoms with Crippen molar-refractivity contribution in [3.63, 3.8) is 0 Å². The van der Waals surface area contributed by atoms with E-state index in [9.17, 15) is 13.2 Å². The molecule has 4 heteroatoms. The van der Waals surface area contributed by atoms with Gasteiger partial charge in [-0.15, -0.1) is 0 Å². The number of hydrogen-bond acceptors (Lipinski definition) is 1. The van der Waals surface area contributed by atoms with Crippen molar-refractivity contribution >= 4 is 0 Å². The van der Waals surface area contributed by atoms with Gasteiger partial charge in [-0.05, 0) is 29.8 Å². The van der Waals surface area contributed by atoms with Crippen molar-refractivity contribution in [1.29, 1.82) is 0 Å². The van der Waals surface area contributed by atoms with E-state index in [4.69, 9.17) is 0 Å². The van der Waals surface area contributed by atoms with E-state index in [0.717, 1.165) is 17.7 Å². The Morgan fingerprint density at radius 2 is 1.60 bits per heavy atom. The summed E-state index contributed by atoms with van der Waals surface area (Å²) >= 11 is 0. The molecule has 20 heavy (non-hydrogen) atoms. The molecule has 0 saturated carbocycles. The van der Waals surface area contributed by atoms with Crippen molar-refractivity contribution in [3.8, 4) is 11.1 Å². The Labute approximate surface area is 116 Å². The first-order valence-electron chi connectivity index (χ1n) is 6.45. The Morgan fingerprint density at radius 3 is 2.20 bits per heavy atom. The van der Waals surface area contributed by atoms with Crippen molar-refractivity contribution in [2.45, 2.75) is 26.4 Å². The van der Waals surface area contributed by atoms with Crippen LogP contribution in [0.2, 0.25) is 0 Å². The SMILES string of the molecule is CC(C)NCc1ccc(F)c(-c2c(F)cccc2F)c1. The Morgan fingerprint density at radius 1 is 0.950 bits per heavy atom. The Kier molecular flexibility index (Phi) is 4.45. The number of nitrogens with one attached hydrogen (secondary N) is 1. The van der Waals surface area contributed by atoms with Gasteiger partial charge >= 0.3 is 0 Å². The van der Waals surface area contributed by atoms with Gasteiger partial charge in [-0.2, -0.15) is 0 Å². The van der Waals surface area contributed by atoms with E-state index >= 15 is 0 Å². The minimum atomic E-state index is -0.766. The number of hydrogen-bond donors (Lipinski definition) is 1. The number of halogens is 3. The molecule has 0 aromatic heterocycles. The Balaban J connectivity index is 2.43. The lowest BCUT2D eigenvalue weighted by atomic mass is 10.0. The van der Waals surface area contributed by atoms with E-state index < -0.39 is 17.5 Å². The van der Waals surface area contributed by atoms with Gasteiger partial charge in [0.15, 0.2) is 0 Å². The molecule has 106 valence electrons. The molecule has 1 N–H and O–H groups in total. The maximum Gasteiger partial charge on any atom is 0.134 e. The molecule has 0 heterocycles. The van der Waals surface area contributed by atoms with Crippen LogP contribution in [0.3, 0.4) is 0 Å². The van der Waals surface area contributed by atoms with E-state index in [0.29, 0.717) is 6.54 Å². The van der Waals surface area contributed by atoms with Gasteiger partial charge in [0, 0.05) is 18.2 Å². The van der Waals surface area contributed by atoms with Gasteiger partial charge in [0.25, 0.3) is 0 Å². The number of rotatable bonds is 4. The van der Waals surface area contributed by atoms with Crippen LogP contribution in [0.1, 0.15) is 19.4 Å². The zero-order chi connectivity index (χ0) is 14.7. The second-order valence-corrected chi connectivity index (χ2v) is 4.95. The van der Waals surface area contributed by atoms with Crippen LogP contribution in [0.5, 0.6) is 0 Å². The summed E-state index contributed by atoms with van der Waals surface area (Å²) in [5, 5.41) is 3.18. The van der Waals surface area contributed by atoms with E-state index in [1.807, 2.05) is 13.8 Å². The first kappa shape index (κ1) is 14.6. The van der Waals surface area contributed by atoms with Crippen LogP contribution in [-0.2, 0) is 6.54 Å². The molecule has 0 aliphatic rings. The lowest BCUT2D eigenvalue weighted by molar-refractivity contribution is 0.578. The summed E-state index contributed by atoms with van der Waals surface area (Å²) < 4.78 is 41.3. The molecule has 0 unspecified atom stereocenters. The van der Waals surface area contributed by atoms with Gasteiger partial charge < -0.3 is 5.32 Å². The molecule has 0 saturated heterocycles. The highest BCUT2D eigenvalue weighted by atomic mass is 19.1. The highest BCUT2D eigenvalue weighted by molar-refractivity contribution is 5.66. The normalized spacial score (nSPS) is 11.1. The van der Waals surface area contributed by atoms with Crippen LogP contribution in [0.4, 0.5) is 13.2 Å². The monoisotopic (exact) mass is 279 g/mol. The summed E-state index contributed by atoms with van der Waals surface area (Å²) in [5.41, 5.74) is 0.401. The second kappa shape index (κ2) is 6.09. The minimum absolute atomic E-state index is 0.0522. The lowest BCUT2D eigenvalue weighted by Crippen LogP contribution is -2.21. The first-order chi connectivity index (χ1) is 9.49. The van der Waals surface area contributed by atoms with Crippen molar-refractivity contribution < 1.29 is 13.2 Å². The van der Waals surface area contributed by atoms with Crippen LogP contribution >= 0.6 is 0 Å². The van der Waals surface area contributed by atoms with Crippen LogP contribution in [-0.4, -0.2) is 6.04 Å². The summed E-state index contributed by atoms with van der Waals surface area (Å²) in [6.45, 7) is 4.49. The third-order valence-electron chi connectivity index (χ3n) is 2.98. The summed E-state index contributed by atoms with van der Waals surface area (Å²) in [4.78, 5) is 0. The fourth-order valence-electron chi connectivity index (χ4n) is 1.95. The highest BCUT2D eigenvalue weighted by Crippen LogP contribution is 2.29. The van der Waals surface area contributed by atoms with Crippen molar-refractivity contribution in [2.75, 3.05) is 0 Å². The van der Waals surface area contributed by atoms with Crippen molar-refractivity contribution in [1.82, 2.24) is 5.32 Å². The van der Waals surface area contributed by atoms with E-state index in [1.165, 1.54) is 18.2 Å². The molecule has 2 aromatic rings. The summed E-state index contributed by atoms with van der Waals surface area (Å²) in [5.74, 6) is -2.17. The topological polar surface area (TPSA) is 12.0 Å². The molecule has 0 amide bonds. The average Bonchev–Trinajstić information content (AvgIpc) is 2.39. The molecule has 0 aliphatic carbocycles. The van der Waals surface area contributed by atoms with E-state index in [2.05, 4.69) is 5.32 Å². The molecule has 0 fully saturated rings. The average molecular weight is 279 g/mol. The third-order valence-corrected chi connectivity index (χ3v) is 2.98. The fraction of sp³-hybridized carbons (Fsp3) is 0.250. The zero-order valence-electron chi connectivity index (χ0n) is 11.4. The van der Waals surface area contributed by atoms with E-state index in [1.54, 1.807) is 6.07 Å². The molecule has 0 bridgehead atoms. The maximum atomic E-state index is 13.9. The Hall–Kier alpha value is -1.81. The molecule has 0 atom stereocenters. The maximum absolute atomic E-state index is 13.9. The van der Waals surface area contributed by atoms with Crippen LogP contribution < -0.4 is 5.32 Å². The molecular formula is C16H16F3N.